The molecular weight excluding hydrogens is 372 g/mol. The Labute approximate surface area is 170 Å². The summed E-state index contributed by atoms with van der Waals surface area (Å²) in [5.41, 5.74) is 0.829. The molecule has 0 aliphatic carbocycles. The van der Waals surface area contributed by atoms with Gasteiger partial charge >= 0.3 is 12.1 Å². The van der Waals surface area contributed by atoms with Gasteiger partial charge in [0.25, 0.3) is 0 Å². The van der Waals surface area contributed by atoms with Gasteiger partial charge in [-0.05, 0) is 46.6 Å². The number of ether oxygens (including phenoxy) is 2. The monoisotopic (exact) mass is 400 g/mol. The van der Waals surface area contributed by atoms with Crippen LogP contribution in [0.2, 0.25) is 0 Å². The van der Waals surface area contributed by atoms with E-state index >= 15 is 0 Å². The third-order valence-corrected chi connectivity index (χ3v) is 5.00. The molecule has 3 rings (SSSR count). The smallest absolute Gasteiger partial charge is 0.410 e. The molecule has 1 atom stereocenters. The maximum atomic E-state index is 12.7. The number of aromatic amines is 1. The topological polar surface area (TPSA) is 88.7 Å². The number of hydrogen-bond acceptors (Lipinski definition) is 5. The van der Waals surface area contributed by atoms with Gasteiger partial charge in [0.2, 0.25) is 5.78 Å². The zero-order valence-corrected chi connectivity index (χ0v) is 17.4. The number of H-pyrrole nitrogens is 1. The summed E-state index contributed by atoms with van der Waals surface area (Å²) >= 11 is 0. The number of esters is 1. The molecule has 1 aromatic carbocycles. The Balaban J connectivity index is 1.54. The number of aromatic nitrogens is 1. The summed E-state index contributed by atoms with van der Waals surface area (Å²) < 4.78 is 10.8. The lowest BCUT2D eigenvalue weighted by Gasteiger charge is -2.32. The predicted octanol–water partition coefficient (Wildman–Crippen LogP) is 3.93. The summed E-state index contributed by atoms with van der Waals surface area (Å²) in [6, 6.07) is 7.50. The number of Topliss-reactive ketones (excluding diaryl/α,β-unsaturated/α-hetero) is 1. The number of hydrogen-bond donors (Lipinski definition) is 1. The molecule has 0 saturated carbocycles. The third-order valence-electron chi connectivity index (χ3n) is 5.00. The van der Waals surface area contributed by atoms with E-state index in [1.54, 1.807) is 18.0 Å². The maximum Gasteiger partial charge on any atom is 0.410 e. The zero-order valence-electron chi connectivity index (χ0n) is 17.4. The van der Waals surface area contributed by atoms with Crippen LogP contribution in [-0.2, 0) is 14.3 Å². The molecule has 1 amide bonds. The Morgan fingerprint density at radius 1 is 1.14 bits per heavy atom. The minimum atomic E-state index is -0.870. The van der Waals surface area contributed by atoms with Crippen LogP contribution in [0.25, 0.3) is 10.9 Å². The number of benzene rings is 1. The minimum absolute atomic E-state index is 0.234. The largest absolute Gasteiger partial charge is 0.454 e. The van der Waals surface area contributed by atoms with Gasteiger partial charge in [0, 0.05) is 35.8 Å². The molecule has 2 aromatic rings. The van der Waals surface area contributed by atoms with Crippen molar-refractivity contribution in [1.82, 2.24) is 9.88 Å². The summed E-state index contributed by atoms with van der Waals surface area (Å²) in [5.74, 6) is -0.955. The number of carbonyl (C=O) groups is 3. The van der Waals surface area contributed by atoms with E-state index in [2.05, 4.69) is 4.98 Å². The molecule has 2 heterocycles. The first-order valence-electron chi connectivity index (χ1n) is 9.94. The van der Waals surface area contributed by atoms with Gasteiger partial charge < -0.3 is 19.4 Å². The summed E-state index contributed by atoms with van der Waals surface area (Å²) in [6.07, 6.45) is 1.40. The van der Waals surface area contributed by atoms with Gasteiger partial charge in [-0.3, -0.25) is 9.59 Å². The average Bonchev–Trinajstić information content (AvgIpc) is 3.10. The SMILES string of the molecule is C[C@H](OC(=O)C1CCN(C(=O)OC(C)(C)C)CC1)C(=O)c1c[nH]c2ccccc12. The molecule has 1 aromatic heterocycles. The highest BCUT2D eigenvalue weighted by Gasteiger charge is 2.32. The molecule has 7 nitrogen and oxygen atoms in total. The number of nitrogens with one attached hydrogen (secondary N) is 1. The van der Waals surface area contributed by atoms with Crippen molar-refractivity contribution in [2.24, 2.45) is 5.92 Å². The lowest BCUT2D eigenvalue weighted by molar-refractivity contribution is -0.152. The number of piperidine rings is 1. The van der Waals surface area contributed by atoms with E-state index in [9.17, 15) is 14.4 Å². The van der Waals surface area contributed by atoms with Crippen LogP contribution in [0, 0.1) is 5.92 Å². The number of nitrogens with zero attached hydrogens (tertiary/aromatic N) is 1. The molecule has 7 heteroatoms. The van der Waals surface area contributed by atoms with E-state index in [1.807, 2.05) is 45.0 Å². The van der Waals surface area contributed by atoms with E-state index in [-0.39, 0.29) is 17.8 Å². The van der Waals surface area contributed by atoms with Crippen molar-refractivity contribution in [3.8, 4) is 0 Å². The van der Waals surface area contributed by atoms with Crippen molar-refractivity contribution in [2.45, 2.75) is 52.2 Å². The number of para-hydroxylation sites is 1. The van der Waals surface area contributed by atoms with Crippen LogP contribution in [-0.4, -0.2) is 52.5 Å². The highest BCUT2D eigenvalue weighted by Crippen LogP contribution is 2.23. The van der Waals surface area contributed by atoms with Crippen molar-refractivity contribution in [1.29, 1.82) is 0 Å². The molecular formula is C22H28N2O5. The molecule has 156 valence electrons. The molecule has 1 aliphatic heterocycles. The predicted molar refractivity (Wildman–Crippen MR) is 109 cm³/mol. The maximum absolute atomic E-state index is 12.7. The van der Waals surface area contributed by atoms with Crippen LogP contribution in [0.1, 0.15) is 50.9 Å². The van der Waals surface area contributed by atoms with Crippen molar-refractivity contribution < 1.29 is 23.9 Å². The van der Waals surface area contributed by atoms with Crippen molar-refractivity contribution in [3.63, 3.8) is 0 Å². The number of amides is 1. The van der Waals surface area contributed by atoms with Crippen molar-refractivity contribution >= 4 is 28.7 Å². The second-order valence-electron chi connectivity index (χ2n) is 8.43. The van der Waals surface area contributed by atoms with Crippen LogP contribution in [0.5, 0.6) is 0 Å². The van der Waals surface area contributed by atoms with E-state index in [1.165, 1.54) is 0 Å². The normalized spacial score (nSPS) is 16.5. The lowest BCUT2D eigenvalue weighted by atomic mass is 9.97. The van der Waals surface area contributed by atoms with Gasteiger partial charge in [-0.15, -0.1) is 0 Å². The van der Waals surface area contributed by atoms with Gasteiger partial charge in [0.1, 0.15) is 5.60 Å². The van der Waals surface area contributed by atoms with Crippen molar-refractivity contribution in [3.05, 3.63) is 36.0 Å². The fourth-order valence-electron chi connectivity index (χ4n) is 3.44. The van der Waals surface area contributed by atoms with Crippen LogP contribution in [0.15, 0.2) is 30.5 Å². The minimum Gasteiger partial charge on any atom is -0.454 e. The molecule has 1 saturated heterocycles. The van der Waals surface area contributed by atoms with E-state index in [4.69, 9.17) is 9.47 Å². The summed E-state index contributed by atoms with van der Waals surface area (Å²) in [7, 11) is 0. The standard InChI is InChI=1S/C22H28N2O5/c1-14(19(25)17-13-23-18-8-6-5-7-16(17)18)28-20(26)15-9-11-24(12-10-15)21(27)29-22(2,3)4/h5-8,13-15,23H,9-12H2,1-4H3/t14-/m0/s1. The Hall–Kier alpha value is -2.83. The first kappa shape index (κ1) is 20.9. The van der Waals surface area contributed by atoms with E-state index < -0.39 is 17.7 Å². The highest BCUT2D eigenvalue weighted by atomic mass is 16.6. The Morgan fingerprint density at radius 2 is 1.79 bits per heavy atom. The molecule has 0 spiro atoms. The van der Waals surface area contributed by atoms with E-state index in [0.717, 1.165) is 10.9 Å². The van der Waals surface area contributed by atoms with Gasteiger partial charge in [0.05, 0.1) is 5.92 Å². The summed E-state index contributed by atoms with van der Waals surface area (Å²) in [6.45, 7) is 7.92. The Morgan fingerprint density at radius 3 is 2.45 bits per heavy atom. The van der Waals surface area contributed by atoms with Crippen LogP contribution in [0.4, 0.5) is 4.79 Å². The van der Waals surface area contributed by atoms with Crippen LogP contribution in [0.3, 0.4) is 0 Å². The summed E-state index contributed by atoms with van der Waals surface area (Å²) in [5, 5.41) is 0.811. The number of carbonyl (C=O) groups excluding carboxylic acids is 3. The average molecular weight is 400 g/mol. The van der Waals surface area contributed by atoms with Gasteiger partial charge in [-0.2, -0.15) is 0 Å². The molecule has 0 unspecified atom stereocenters. The molecule has 29 heavy (non-hydrogen) atoms. The van der Waals surface area contributed by atoms with Gasteiger partial charge in [-0.25, -0.2) is 4.79 Å². The number of ketones is 1. The lowest BCUT2D eigenvalue weighted by Crippen LogP contribution is -2.43. The second kappa shape index (κ2) is 8.27. The fourth-order valence-corrected chi connectivity index (χ4v) is 3.44. The Bertz CT molecular complexity index is 903. The molecule has 0 bridgehead atoms. The van der Waals surface area contributed by atoms with Crippen LogP contribution >= 0.6 is 0 Å². The highest BCUT2D eigenvalue weighted by molar-refractivity contribution is 6.10. The van der Waals surface area contributed by atoms with Crippen molar-refractivity contribution in [2.75, 3.05) is 13.1 Å². The number of fused-ring (bicyclic) bond motifs is 1. The van der Waals surface area contributed by atoms with E-state index in [0.29, 0.717) is 31.5 Å². The molecule has 1 N–H and O–H groups in total. The fraction of sp³-hybridized carbons (Fsp3) is 0.500. The first-order valence-corrected chi connectivity index (χ1v) is 9.94. The second-order valence-corrected chi connectivity index (χ2v) is 8.43. The molecule has 1 fully saturated rings. The quantitative estimate of drug-likeness (QED) is 0.620. The Kier molecular flexibility index (Phi) is 5.96. The summed E-state index contributed by atoms with van der Waals surface area (Å²) in [4.78, 5) is 42.1. The number of likely N-dealkylation sites (tertiary alicyclic amines) is 1. The molecule has 0 radical (unpaired) electrons. The third kappa shape index (κ3) is 4.96. The zero-order chi connectivity index (χ0) is 21.2. The number of rotatable bonds is 4. The first-order chi connectivity index (χ1) is 13.7. The van der Waals surface area contributed by atoms with Gasteiger partial charge in [-0.1, -0.05) is 18.2 Å². The molecule has 1 aliphatic rings. The van der Waals surface area contributed by atoms with Gasteiger partial charge in [0.15, 0.2) is 6.10 Å². The van der Waals surface area contributed by atoms with Crippen LogP contribution < -0.4 is 0 Å².